The van der Waals surface area contributed by atoms with Gasteiger partial charge in [0.2, 0.25) is 5.13 Å². The van der Waals surface area contributed by atoms with Crippen molar-refractivity contribution in [2.24, 2.45) is 10.2 Å². The number of hydrogen-bond donors (Lipinski definition) is 1. The number of fused-ring (bicyclic) bond motifs is 1. The van der Waals surface area contributed by atoms with Crippen LogP contribution in [-0.4, -0.2) is 42.2 Å². The summed E-state index contributed by atoms with van der Waals surface area (Å²) in [6.07, 6.45) is 1.35. The molecule has 174 valence electrons. The minimum absolute atomic E-state index is 0.000952. The van der Waals surface area contributed by atoms with Crippen molar-refractivity contribution in [3.63, 3.8) is 0 Å². The number of nitro groups is 1. The fraction of sp³-hybridized carbons (Fsp3) is 0.227. The first-order chi connectivity index (χ1) is 16.5. The molecule has 0 aliphatic carbocycles. The van der Waals surface area contributed by atoms with Crippen molar-refractivity contribution < 1.29 is 14.5 Å². The van der Waals surface area contributed by atoms with Crippen molar-refractivity contribution in [1.29, 1.82) is 5.26 Å². The summed E-state index contributed by atoms with van der Waals surface area (Å²) in [4.78, 5) is 28.3. The summed E-state index contributed by atoms with van der Waals surface area (Å²) in [5, 5.41) is 31.1. The molecule has 0 unspecified atom stereocenters. The van der Waals surface area contributed by atoms with Gasteiger partial charge in [-0.15, -0.1) is 16.8 Å². The second-order valence-corrected chi connectivity index (χ2v) is 7.83. The van der Waals surface area contributed by atoms with Gasteiger partial charge < -0.3 is 15.0 Å². The van der Waals surface area contributed by atoms with E-state index in [-0.39, 0.29) is 12.3 Å². The van der Waals surface area contributed by atoms with Crippen LogP contribution in [0.25, 0.3) is 10.2 Å². The summed E-state index contributed by atoms with van der Waals surface area (Å²) in [6.45, 7) is 4.90. The molecule has 11 nitrogen and oxygen atoms in total. The molecular formula is C22H21N7O4S. The number of nitriles is 1. The van der Waals surface area contributed by atoms with Crippen LogP contribution in [0.1, 0.15) is 6.42 Å². The average Bonchev–Trinajstić information content (AvgIpc) is 3.26. The predicted molar refractivity (Wildman–Crippen MR) is 129 cm³/mol. The molecule has 3 rings (SSSR count). The number of nitrogens with zero attached hydrogens (tertiary/aromatic N) is 6. The molecule has 1 N–H and O–H groups in total. The molecule has 0 bridgehead atoms. The Labute approximate surface area is 199 Å². The van der Waals surface area contributed by atoms with Crippen molar-refractivity contribution in [2.45, 2.75) is 6.42 Å². The van der Waals surface area contributed by atoms with E-state index in [1.807, 2.05) is 17.0 Å². The SMILES string of the molecule is C=CCNC(=O)OCCN(CCC#N)c1ccc(/N=N/c2nc3ccc([N+](=O)[O-])cc3s2)cc1. The molecule has 2 aromatic carbocycles. The van der Waals surface area contributed by atoms with E-state index in [2.05, 4.69) is 33.2 Å². The highest BCUT2D eigenvalue weighted by Crippen LogP contribution is 2.32. The number of nitrogens with one attached hydrogen (secondary N) is 1. The molecule has 1 heterocycles. The number of azo groups is 1. The molecule has 1 amide bonds. The number of ether oxygens (including phenoxy) is 1. The average molecular weight is 480 g/mol. The Hall–Kier alpha value is -4.37. The van der Waals surface area contributed by atoms with Gasteiger partial charge in [-0.05, 0) is 30.3 Å². The van der Waals surface area contributed by atoms with Crippen LogP contribution in [0.5, 0.6) is 0 Å². The molecule has 12 heteroatoms. The summed E-state index contributed by atoms with van der Waals surface area (Å²) in [6, 6.07) is 13.8. The van der Waals surface area contributed by atoms with Crippen LogP contribution in [0.3, 0.4) is 0 Å². The van der Waals surface area contributed by atoms with E-state index in [1.165, 1.54) is 23.5 Å². The lowest BCUT2D eigenvalue weighted by atomic mass is 10.2. The first-order valence-corrected chi connectivity index (χ1v) is 11.0. The molecule has 0 saturated carbocycles. The van der Waals surface area contributed by atoms with Gasteiger partial charge in [0.15, 0.2) is 0 Å². The highest BCUT2D eigenvalue weighted by Gasteiger charge is 2.11. The lowest BCUT2D eigenvalue weighted by Gasteiger charge is -2.23. The largest absolute Gasteiger partial charge is 0.448 e. The van der Waals surface area contributed by atoms with Crippen LogP contribution in [0.2, 0.25) is 0 Å². The van der Waals surface area contributed by atoms with Gasteiger partial charge in [-0.1, -0.05) is 17.4 Å². The van der Waals surface area contributed by atoms with E-state index in [0.29, 0.717) is 47.1 Å². The zero-order chi connectivity index (χ0) is 24.3. The first kappa shape index (κ1) is 24.3. The minimum atomic E-state index is -0.527. The zero-order valence-corrected chi connectivity index (χ0v) is 18.9. The van der Waals surface area contributed by atoms with E-state index < -0.39 is 11.0 Å². The third-order valence-corrected chi connectivity index (χ3v) is 5.42. The van der Waals surface area contributed by atoms with Crippen LogP contribution in [-0.2, 0) is 4.74 Å². The Morgan fingerprint density at radius 2 is 2.09 bits per heavy atom. The molecule has 0 atom stereocenters. The van der Waals surface area contributed by atoms with Gasteiger partial charge in [0, 0.05) is 30.9 Å². The van der Waals surface area contributed by atoms with Gasteiger partial charge in [0.1, 0.15) is 6.61 Å². The van der Waals surface area contributed by atoms with Crippen molar-refractivity contribution in [3.8, 4) is 6.07 Å². The maximum absolute atomic E-state index is 11.6. The summed E-state index contributed by atoms with van der Waals surface area (Å²) >= 11 is 1.21. The molecular weight excluding hydrogens is 458 g/mol. The van der Waals surface area contributed by atoms with E-state index in [0.717, 1.165) is 5.69 Å². The summed E-state index contributed by atoms with van der Waals surface area (Å²) < 4.78 is 5.79. The lowest BCUT2D eigenvalue weighted by Crippen LogP contribution is -2.31. The van der Waals surface area contributed by atoms with E-state index in [1.54, 1.807) is 24.3 Å². The molecule has 0 fully saturated rings. The minimum Gasteiger partial charge on any atom is -0.448 e. The van der Waals surface area contributed by atoms with Crippen LogP contribution in [0.15, 0.2) is 65.3 Å². The number of anilines is 1. The number of nitro benzene ring substituents is 1. The summed E-state index contributed by atoms with van der Waals surface area (Å²) in [5.74, 6) is 0. The molecule has 3 aromatic rings. The second-order valence-electron chi connectivity index (χ2n) is 6.82. The van der Waals surface area contributed by atoms with Crippen LogP contribution < -0.4 is 10.2 Å². The van der Waals surface area contributed by atoms with Gasteiger partial charge in [-0.3, -0.25) is 10.1 Å². The van der Waals surface area contributed by atoms with Gasteiger partial charge in [-0.25, -0.2) is 9.78 Å². The highest BCUT2D eigenvalue weighted by atomic mass is 32.1. The number of amides is 1. The molecule has 0 aliphatic heterocycles. The number of non-ortho nitro benzene ring substituents is 1. The number of carbonyl (C=O) groups is 1. The number of thiazole rings is 1. The molecule has 0 saturated heterocycles. The lowest BCUT2D eigenvalue weighted by molar-refractivity contribution is -0.384. The molecule has 1 aromatic heterocycles. The molecule has 0 radical (unpaired) electrons. The highest BCUT2D eigenvalue weighted by molar-refractivity contribution is 7.21. The predicted octanol–water partition coefficient (Wildman–Crippen LogP) is 5.25. The van der Waals surface area contributed by atoms with Crippen LogP contribution in [0.4, 0.5) is 27.0 Å². The Morgan fingerprint density at radius 3 is 2.79 bits per heavy atom. The van der Waals surface area contributed by atoms with E-state index in [9.17, 15) is 14.9 Å². The zero-order valence-electron chi connectivity index (χ0n) is 18.1. The smallest absolute Gasteiger partial charge is 0.407 e. The number of rotatable bonds is 11. The standard InChI is InChI=1S/C22H21N7O4S/c1-2-11-24-22(30)33-14-13-28(12-3-10-23)17-6-4-16(5-7-17)26-27-21-25-19-9-8-18(29(31)32)15-20(19)34-21/h2,4-9,15H,1,3,11-14H2,(H,24,30)/b27-26+. The number of hydrogen-bond acceptors (Lipinski definition) is 10. The van der Waals surface area contributed by atoms with Crippen molar-refractivity contribution in [1.82, 2.24) is 10.3 Å². The number of alkyl carbamates (subject to hydrolysis) is 1. The van der Waals surface area contributed by atoms with Crippen LogP contribution in [0, 0.1) is 21.4 Å². The molecule has 0 aliphatic rings. The van der Waals surface area contributed by atoms with Crippen LogP contribution >= 0.6 is 11.3 Å². The van der Waals surface area contributed by atoms with Gasteiger partial charge in [0.25, 0.3) is 5.69 Å². The van der Waals surface area contributed by atoms with E-state index >= 15 is 0 Å². The fourth-order valence-corrected chi connectivity index (χ4v) is 3.72. The van der Waals surface area contributed by atoms with E-state index in [4.69, 9.17) is 10.00 Å². The Balaban J connectivity index is 1.64. The monoisotopic (exact) mass is 479 g/mol. The van der Waals surface area contributed by atoms with Crippen molar-refractivity contribution in [3.05, 3.63) is 65.2 Å². The Morgan fingerprint density at radius 1 is 1.29 bits per heavy atom. The Bertz CT molecular complexity index is 1230. The number of aromatic nitrogens is 1. The summed E-state index contributed by atoms with van der Waals surface area (Å²) in [7, 11) is 0. The normalized spacial score (nSPS) is 10.7. The van der Waals surface area contributed by atoms with Gasteiger partial charge in [0.05, 0.1) is 39.9 Å². The number of benzene rings is 2. The van der Waals surface area contributed by atoms with Gasteiger partial charge in [-0.2, -0.15) is 5.26 Å². The molecule has 0 spiro atoms. The first-order valence-electron chi connectivity index (χ1n) is 10.2. The van der Waals surface area contributed by atoms with Crippen molar-refractivity contribution >= 4 is 49.8 Å². The maximum Gasteiger partial charge on any atom is 0.407 e. The number of carbonyl (C=O) groups excluding carboxylic acids is 1. The topological polar surface area (TPSA) is 146 Å². The fourth-order valence-electron chi connectivity index (χ4n) is 2.90. The second kappa shape index (κ2) is 12.0. The maximum atomic E-state index is 11.6. The third-order valence-electron chi connectivity index (χ3n) is 4.52. The van der Waals surface area contributed by atoms with Crippen molar-refractivity contribution in [2.75, 3.05) is 31.1 Å². The van der Waals surface area contributed by atoms with Gasteiger partial charge >= 0.3 is 6.09 Å². The Kier molecular flexibility index (Phi) is 8.59. The third kappa shape index (κ3) is 6.81. The molecule has 34 heavy (non-hydrogen) atoms. The quantitative estimate of drug-likeness (QED) is 0.171. The summed E-state index contributed by atoms with van der Waals surface area (Å²) in [5.41, 5.74) is 2.05.